The normalized spacial score (nSPS) is 12.8. The van der Waals surface area contributed by atoms with Crippen molar-refractivity contribution in [2.75, 3.05) is 0 Å². The maximum atomic E-state index is 11.7. The average Bonchev–Trinajstić information content (AvgIpc) is 3.02. The number of carbonyl (C=O) groups is 1. The van der Waals surface area contributed by atoms with E-state index in [9.17, 15) is 9.90 Å². The van der Waals surface area contributed by atoms with Gasteiger partial charge >= 0.3 is 5.97 Å². The molecule has 0 aliphatic rings. The third-order valence-electron chi connectivity index (χ3n) is 9.21. The molecule has 0 aromatic carbocycles. The summed E-state index contributed by atoms with van der Waals surface area (Å²) >= 11 is 0. The van der Waals surface area contributed by atoms with Gasteiger partial charge in [0.25, 0.3) is 0 Å². The molecule has 0 heterocycles. The molecule has 44 heavy (non-hydrogen) atoms. The van der Waals surface area contributed by atoms with Crippen LogP contribution in [0.2, 0.25) is 0 Å². The predicted molar refractivity (Wildman–Crippen MR) is 198 cm³/mol. The molecule has 1 N–H and O–H groups in total. The summed E-state index contributed by atoms with van der Waals surface area (Å²) in [5.74, 6) is -0.700. The minimum absolute atomic E-state index is 0.126. The molecule has 1 unspecified atom stereocenters. The van der Waals surface area contributed by atoms with Crippen molar-refractivity contribution in [2.24, 2.45) is 5.92 Å². The van der Waals surface area contributed by atoms with Crippen LogP contribution in [0.25, 0.3) is 0 Å². The molecule has 0 rings (SSSR count). The number of carboxylic acid groups (broad SMARTS) is 1. The Bertz CT molecular complexity index is 646. The summed E-state index contributed by atoms with van der Waals surface area (Å²) < 4.78 is 0. The van der Waals surface area contributed by atoms with Crippen LogP contribution < -0.4 is 0 Å². The van der Waals surface area contributed by atoms with Crippen molar-refractivity contribution in [1.82, 2.24) is 0 Å². The Morgan fingerprint density at radius 3 is 1.11 bits per heavy atom. The Morgan fingerprint density at radius 2 is 0.750 bits per heavy atom. The van der Waals surface area contributed by atoms with E-state index in [0.717, 1.165) is 51.4 Å². The van der Waals surface area contributed by atoms with Crippen LogP contribution in [-0.2, 0) is 4.79 Å². The molecule has 258 valence electrons. The number of rotatable bonds is 36. The van der Waals surface area contributed by atoms with Crippen LogP contribution in [0, 0.1) is 5.92 Å². The zero-order chi connectivity index (χ0) is 32.0. The largest absolute Gasteiger partial charge is 0.481 e. The molecule has 2 heteroatoms. The number of allylic oxidation sites excluding steroid dienone is 6. The third kappa shape index (κ3) is 35.2. The van der Waals surface area contributed by atoms with E-state index in [-0.39, 0.29) is 5.92 Å². The second-order valence-corrected chi connectivity index (χ2v) is 13.5. The fourth-order valence-electron chi connectivity index (χ4n) is 6.22. The molecule has 0 saturated carbocycles. The molecule has 0 aliphatic carbocycles. The van der Waals surface area contributed by atoms with Gasteiger partial charge in [0.1, 0.15) is 0 Å². The molecular formula is C42H78O2. The molecule has 0 amide bonds. The molecule has 0 saturated heterocycles. The standard InChI is InChI=1S/C42H78O2/c1-3-5-7-9-11-13-15-17-19-20-21-22-23-24-25-26-28-30-32-34-36-38-40-41(42(43)44)39-37-35-33-31-29-27-18-16-14-12-10-8-6-4-2/h6,8,12,14,18,27,41H,3-5,7,9-11,13,15-17,19-26,28-40H2,1-2H3,(H,43,44)/b8-6-,14-12-,27-18-. The van der Waals surface area contributed by atoms with E-state index in [4.69, 9.17) is 0 Å². The van der Waals surface area contributed by atoms with E-state index in [1.165, 1.54) is 154 Å². The molecule has 0 aromatic heterocycles. The van der Waals surface area contributed by atoms with Gasteiger partial charge in [-0.1, -0.05) is 211 Å². The Kier molecular flexibility index (Phi) is 36.7. The number of carboxylic acids is 1. The monoisotopic (exact) mass is 615 g/mol. The predicted octanol–water partition coefficient (Wildman–Crippen LogP) is 14.9. The maximum Gasteiger partial charge on any atom is 0.306 e. The molecule has 0 radical (unpaired) electrons. The minimum Gasteiger partial charge on any atom is -0.481 e. The quantitative estimate of drug-likeness (QED) is 0.0563. The van der Waals surface area contributed by atoms with Gasteiger partial charge in [0.15, 0.2) is 0 Å². The summed E-state index contributed by atoms with van der Waals surface area (Å²) in [6.07, 6.45) is 54.9. The van der Waals surface area contributed by atoms with Gasteiger partial charge in [-0.3, -0.25) is 4.79 Å². The zero-order valence-corrected chi connectivity index (χ0v) is 30.0. The van der Waals surface area contributed by atoms with Crippen molar-refractivity contribution in [3.63, 3.8) is 0 Å². The lowest BCUT2D eigenvalue weighted by molar-refractivity contribution is -0.142. The molecule has 0 aromatic rings. The van der Waals surface area contributed by atoms with Crippen molar-refractivity contribution in [2.45, 2.75) is 219 Å². The Hall–Kier alpha value is -1.31. The third-order valence-corrected chi connectivity index (χ3v) is 9.21. The van der Waals surface area contributed by atoms with E-state index >= 15 is 0 Å². The summed E-state index contributed by atoms with van der Waals surface area (Å²) in [5, 5.41) is 9.63. The van der Waals surface area contributed by atoms with Gasteiger partial charge in [0, 0.05) is 0 Å². The summed E-state index contributed by atoms with van der Waals surface area (Å²) in [4.78, 5) is 11.7. The first kappa shape index (κ1) is 42.7. The Balaban J connectivity index is 3.41. The van der Waals surface area contributed by atoms with Crippen LogP contribution in [-0.4, -0.2) is 11.1 Å². The summed E-state index contributed by atoms with van der Waals surface area (Å²) in [7, 11) is 0. The van der Waals surface area contributed by atoms with Crippen LogP contribution in [0.5, 0.6) is 0 Å². The van der Waals surface area contributed by atoms with Gasteiger partial charge in [-0.05, 0) is 44.9 Å². The van der Waals surface area contributed by atoms with E-state index < -0.39 is 5.97 Å². The number of aliphatic carboxylic acids is 1. The van der Waals surface area contributed by atoms with Gasteiger partial charge in [0.2, 0.25) is 0 Å². The van der Waals surface area contributed by atoms with Crippen LogP contribution >= 0.6 is 0 Å². The fourth-order valence-corrected chi connectivity index (χ4v) is 6.22. The first-order valence-corrected chi connectivity index (χ1v) is 19.9. The second-order valence-electron chi connectivity index (χ2n) is 13.5. The average molecular weight is 615 g/mol. The van der Waals surface area contributed by atoms with Crippen LogP contribution in [0.4, 0.5) is 0 Å². The Morgan fingerprint density at radius 1 is 0.432 bits per heavy atom. The van der Waals surface area contributed by atoms with E-state index in [0.29, 0.717) is 0 Å². The SMILES string of the molecule is CC/C=C\C/C=C\C/C=C\CCCCCCC(CCCCCCCCCCCCCCCCCCCCCCCC)C(=O)O. The van der Waals surface area contributed by atoms with Gasteiger partial charge in [-0.25, -0.2) is 0 Å². The maximum absolute atomic E-state index is 11.7. The number of hydrogen-bond acceptors (Lipinski definition) is 1. The molecule has 0 fully saturated rings. The molecule has 0 bridgehead atoms. The smallest absolute Gasteiger partial charge is 0.306 e. The lowest BCUT2D eigenvalue weighted by Crippen LogP contribution is -2.13. The van der Waals surface area contributed by atoms with Crippen molar-refractivity contribution in [1.29, 1.82) is 0 Å². The van der Waals surface area contributed by atoms with Gasteiger partial charge in [-0.15, -0.1) is 0 Å². The van der Waals surface area contributed by atoms with Crippen molar-refractivity contribution < 1.29 is 9.90 Å². The van der Waals surface area contributed by atoms with Crippen molar-refractivity contribution in [3.8, 4) is 0 Å². The Labute approximate surface area is 277 Å². The second kappa shape index (κ2) is 37.9. The first-order valence-electron chi connectivity index (χ1n) is 19.9. The number of hydrogen-bond donors (Lipinski definition) is 1. The van der Waals surface area contributed by atoms with E-state index in [1.807, 2.05) is 0 Å². The fraction of sp³-hybridized carbons (Fsp3) is 0.833. The molecule has 0 spiro atoms. The highest BCUT2D eigenvalue weighted by Gasteiger charge is 2.16. The molecule has 2 nitrogen and oxygen atoms in total. The van der Waals surface area contributed by atoms with Crippen molar-refractivity contribution in [3.05, 3.63) is 36.5 Å². The minimum atomic E-state index is -0.574. The highest BCUT2D eigenvalue weighted by atomic mass is 16.4. The summed E-state index contributed by atoms with van der Waals surface area (Å²) in [6, 6.07) is 0. The highest BCUT2D eigenvalue weighted by molar-refractivity contribution is 5.69. The van der Waals surface area contributed by atoms with E-state index in [1.54, 1.807) is 0 Å². The summed E-state index contributed by atoms with van der Waals surface area (Å²) in [5.41, 5.74) is 0. The van der Waals surface area contributed by atoms with Crippen LogP contribution in [0.1, 0.15) is 219 Å². The highest BCUT2D eigenvalue weighted by Crippen LogP contribution is 2.20. The van der Waals surface area contributed by atoms with Gasteiger partial charge in [0.05, 0.1) is 5.92 Å². The zero-order valence-electron chi connectivity index (χ0n) is 30.0. The first-order chi connectivity index (χ1) is 21.7. The number of unbranched alkanes of at least 4 members (excludes halogenated alkanes) is 25. The van der Waals surface area contributed by atoms with Crippen LogP contribution in [0.15, 0.2) is 36.5 Å². The van der Waals surface area contributed by atoms with Crippen LogP contribution in [0.3, 0.4) is 0 Å². The van der Waals surface area contributed by atoms with Gasteiger partial charge < -0.3 is 5.11 Å². The lowest BCUT2D eigenvalue weighted by atomic mass is 9.94. The van der Waals surface area contributed by atoms with Crippen molar-refractivity contribution >= 4 is 5.97 Å². The summed E-state index contributed by atoms with van der Waals surface area (Å²) in [6.45, 7) is 4.46. The molecular weight excluding hydrogens is 536 g/mol. The van der Waals surface area contributed by atoms with E-state index in [2.05, 4.69) is 50.3 Å². The topological polar surface area (TPSA) is 37.3 Å². The molecule has 0 aliphatic heterocycles. The van der Waals surface area contributed by atoms with Gasteiger partial charge in [-0.2, -0.15) is 0 Å². The lowest BCUT2D eigenvalue weighted by Gasteiger charge is -2.12. The molecule has 1 atom stereocenters.